The van der Waals surface area contributed by atoms with E-state index in [4.69, 9.17) is 5.21 Å². The third kappa shape index (κ3) is 5.30. The van der Waals surface area contributed by atoms with Gasteiger partial charge in [0.1, 0.15) is 0 Å². The Balaban J connectivity index is 2.82. The first-order valence-electron chi connectivity index (χ1n) is 6.13. The van der Waals surface area contributed by atoms with E-state index in [0.717, 1.165) is 0 Å². The normalized spacial score (nSPS) is 12.7. The molecule has 0 heterocycles. The van der Waals surface area contributed by atoms with Crippen LogP contribution in [0.2, 0.25) is 0 Å². The van der Waals surface area contributed by atoms with Gasteiger partial charge < -0.3 is 5.21 Å². The SMILES string of the molecule is CC(=NO)c1cccc(NS(=O)(=O)CCC(C)C)c1. The molecule has 0 fully saturated rings. The van der Waals surface area contributed by atoms with E-state index in [1.807, 2.05) is 13.8 Å². The second-order valence-electron chi connectivity index (χ2n) is 4.87. The lowest BCUT2D eigenvalue weighted by atomic mass is 10.1. The number of hydrogen-bond acceptors (Lipinski definition) is 4. The minimum atomic E-state index is -3.33. The maximum atomic E-state index is 11.9. The lowest BCUT2D eigenvalue weighted by Gasteiger charge is -2.10. The van der Waals surface area contributed by atoms with Crippen LogP contribution in [0, 0.1) is 5.92 Å². The molecule has 0 aliphatic carbocycles. The van der Waals surface area contributed by atoms with Crippen LogP contribution < -0.4 is 4.72 Å². The van der Waals surface area contributed by atoms with Crippen molar-refractivity contribution in [3.8, 4) is 0 Å². The summed E-state index contributed by atoms with van der Waals surface area (Å²) in [5.74, 6) is 0.439. The summed E-state index contributed by atoms with van der Waals surface area (Å²) in [6.45, 7) is 5.61. The molecule has 0 amide bonds. The van der Waals surface area contributed by atoms with E-state index in [-0.39, 0.29) is 5.75 Å². The van der Waals surface area contributed by atoms with Crippen LogP contribution in [0.25, 0.3) is 0 Å². The highest BCUT2D eigenvalue weighted by Crippen LogP contribution is 2.14. The zero-order valence-corrected chi connectivity index (χ0v) is 12.2. The third-order valence-corrected chi connectivity index (χ3v) is 3.99. The Labute approximate surface area is 114 Å². The van der Waals surface area contributed by atoms with Gasteiger partial charge >= 0.3 is 0 Å². The molecule has 0 saturated carbocycles. The van der Waals surface area contributed by atoms with Crippen molar-refractivity contribution < 1.29 is 13.6 Å². The Morgan fingerprint density at radius 1 is 1.42 bits per heavy atom. The lowest BCUT2D eigenvalue weighted by Crippen LogP contribution is -2.18. The number of anilines is 1. The van der Waals surface area contributed by atoms with Crippen molar-refractivity contribution in [1.29, 1.82) is 0 Å². The van der Waals surface area contributed by atoms with Crippen LogP contribution in [0.1, 0.15) is 32.8 Å². The molecule has 19 heavy (non-hydrogen) atoms. The molecule has 2 N–H and O–H groups in total. The Morgan fingerprint density at radius 3 is 2.68 bits per heavy atom. The number of rotatable bonds is 6. The number of hydrogen-bond donors (Lipinski definition) is 2. The van der Waals surface area contributed by atoms with Crippen molar-refractivity contribution in [2.24, 2.45) is 11.1 Å². The summed E-state index contributed by atoms with van der Waals surface area (Å²) in [6, 6.07) is 6.77. The Morgan fingerprint density at radius 2 is 2.11 bits per heavy atom. The van der Waals surface area contributed by atoms with Crippen molar-refractivity contribution >= 4 is 21.4 Å². The van der Waals surface area contributed by atoms with Crippen LogP contribution in [-0.2, 0) is 10.0 Å². The maximum absolute atomic E-state index is 11.9. The molecule has 0 radical (unpaired) electrons. The van der Waals surface area contributed by atoms with Crippen molar-refractivity contribution in [3.05, 3.63) is 29.8 Å². The molecule has 0 aliphatic rings. The molecule has 0 aromatic heterocycles. The van der Waals surface area contributed by atoms with Crippen LogP contribution in [0.3, 0.4) is 0 Å². The zero-order valence-electron chi connectivity index (χ0n) is 11.4. The quantitative estimate of drug-likeness (QED) is 0.479. The second-order valence-corrected chi connectivity index (χ2v) is 6.71. The first kappa shape index (κ1) is 15.5. The molecule has 6 heteroatoms. The van der Waals surface area contributed by atoms with Gasteiger partial charge in [-0.1, -0.05) is 31.1 Å². The highest BCUT2D eigenvalue weighted by Gasteiger charge is 2.11. The highest BCUT2D eigenvalue weighted by atomic mass is 32.2. The van der Waals surface area contributed by atoms with E-state index in [1.165, 1.54) is 0 Å². The summed E-state index contributed by atoms with van der Waals surface area (Å²) in [4.78, 5) is 0. The van der Waals surface area contributed by atoms with Gasteiger partial charge in [-0.15, -0.1) is 0 Å². The topological polar surface area (TPSA) is 78.8 Å². The van der Waals surface area contributed by atoms with Gasteiger partial charge in [0.15, 0.2) is 0 Å². The van der Waals surface area contributed by atoms with Crippen molar-refractivity contribution in [1.82, 2.24) is 0 Å². The van der Waals surface area contributed by atoms with E-state index >= 15 is 0 Å². The molecule has 0 bridgehead atoms. The van der Waals surface area contributed by atoms with Crippen LogP contribution in [0.4, 0.5) is 5.69 Å². The average molecular weight is 284 g/mol. The summed E-state index contributed by atoms with van der Waals surface area (Å²) >= 11 is 0. The van der Waals surface area contributed by atoms with Crippen molar-refractivity contribution in [2.45, 2.75) is 27.2 Å². The second kappa shape index (κ2) is 6.56. The van der Waals surface area contributed by atoms with Gasteiger partial charge in [0.25, 0.3) is 0 Å². The number of benzene rings is 1. The lowest BCUT2D eigenvalue weighted by molar-refractivity contribution is 0.319. The first-order chi connectivity index (χ1) is 8.84. The fourth-order valence-corrected chi connectivity index (χ4v) is 2.86. The summed E-state index contributed by atoms with van der Waals surface area (Å²) < 4.78 is 26.3. The highest BCUT2D eigenvalue weighted by molar-refractivity contribution is 7.92. The third-order valence-electron chi connectivity index (χ3n) is 2.67. The molecule has 0 unspecified atom stereocenters. The summed E-state index contributed by atoms with van der Waals surface area (Å²) in [5.41, 5.74) is 1.58. The van der Waals surface area contributed by atoms with Gasteiger partial charge in [0.2, 0.25) is 10.0 Å². The molecule has 1 aromatic carbocycles. The van der Waals surface area contributed by atoms with Crippen LogP contribution in [-0.4, -0.2) is 25.1 Å². The van der Waals surface area contributed by atoms with Crippen LogP contribution in [0.15, 0.2) is 29.4 Å². The molecule has 0 saturated heterocycles. The molecule has 1 aromatic rings. The van der Waals surface area contributed by atoms with Crippen LogP contribution in [0.5, 0.6) is 0 Å². The van der Waals surface area contributed by atoms with Gasteiger partial charge in [-0.05, 0) is 31.4 Å². The van der Waals surface area contributed by atoms with Gasteiger partial charge in [-0.25, -0.2) is 8.42 Å². The number of oxime groups is 1. The Bertz CT molecular complexity index is 551. The van der Waals surface area contributed by atoms with Crippen molar-refractivity contribution in [2.75, 3.05) is 10.5 Å². The molecule has 0 atom stereocenters. The molecule has 106 valence electrons. The average Bonchev–Trinajstić information content (AvgIpc) is 2.35. The Kier molecular flexibility index (Phi) is 5.35. The van der Waals surface area contributed by atoms with E-state index in [0.29, 0.717) is 29.3 Å². The van der Waals surface area contributed by atoms with E-state index in [1.54, 1.807) is 31.2 Å². The predicted molar refractivity (Wildman–Crippen MR) is 77.3 cm³/mol. The van der Waals surface area contributed by atoms with Gasteiger partial charge in [-0.2, -0.15) is 0 Å². The number of nitrogens with zero attached hydrogens (tertiary/aromatic N) is 1. The minimum Gasteiger partial charge on any atom is -0.411 e. The molecule has 5 nitrogen and oxygen atoms in total. The number of sulfonamides is 1. The summed E-state index contributed by atoms with van der Waals surface area (Å²) in [5, 5.41) is 11.8. The minimum absolute atomic E-state index is 0.0992. The van der Waals surface area contributed by atoms with Crippen molar-refractivity contribution in [3.63, 3.8) is 0 Å². The molecule has 0 spiro atoms. The maximum Gasteiger partial charge on any atom is 0.232 e. The smallest absolute Gasteiger partial charge is 0.232 e. The van der Waals surface area contributed by atoms with E-state index < -0.39 is 10.0 Å². The predicted octanol–water partition coefficient (Wildman–Crippen LogP) is 2.67. The van der Waals surface area contributed by atoms with E-state index in [9.17, 15) is 8.42 Å². The molecule has 0 aliphatic heterocycles. The fraction of sp³-hybridized carbons (Fsp3) is 0.462. The van der Waals surface area contributed by atoms with Gasteiger partial charge in [0.05, 0.1) is 11.5 Å². The van der Waals surface area contributed by atoms with Gasteiger partial charge in [0, 0.05) is 11.3 Å². The first-order valence-corrected chi connectivity index (χ1v) is 7.79. The summed E-state index contributed by atoms with van der Waals surface area (Å²) in [7, 11) is -3.33. The largest absolute Gasteiger partial charge is 0.411 e. The van der Waals surface area contributed by atoms with Crippen LogP contribution >= 0.6 is 0 Å². The fourth-order valence-electron chi connectivity index (χ4n) is 1.49. The van der Waals surface area contributed by atoms with Gasteiger partial charge in [-0.3, -0.25) is 4.72 Å². The Hall–Kier alpha value is -1.56. The standard InChI is InChI=1S/C13H20N2O3S/c1-10(2)7-8-19(17,18)15-13-6-4-5-12(9-13)11(3)14-16/h4-6,9-10,15-16H,7-8H2,1-3H3. The molecular formula is C13H20N2O3S. The number of nitrogens with one attached hydrogen (secondary N) is 1. The monoisotopic (exact) mass is 284 g/mol. The van der Waals surface area contributed by atoms with E-state index in [2.05, 4.69) is 9.88 Å². The summed E-state index contributed by atoms with van der Waals surface area (Å²) in [6.07, 6.45) is 0.617. The molecule has 1 rings (SSSR count). The zero-order chi connectivity index (χ0) is 14.5. The molecular weight excluding hydrogens is 264 g/mol.